The highest BCUT2D eigenvalue weighted by Crippen LogP contribution is 1.79. The van der Waals surface area contributed by atoms with Crippen molar-refractivity contribution in [1.29, 1.82) is 0 Å². The second kappa shape index (κ2) is 4.95. The topological polar surface area (TPSA) is 79.0 Å². The molecule has 0 spiro atoms. The molecular weight excluding hydrogens is 112 g/mol. The third-order valence-electron chi connectivity index (χ3n) is 0.555. The molecule has 0 heterocycles. The lowest BCUT2D eigenvalue weighted by Crippen LogP contribution is -2.16. The molecular formula is C3H10N2O3. The van der Waals surface area contributed by atoms with Crippen molar-refractivity contribution in [1.82, 2.24) is 5.39 Å². The summed E-state index contributed by atoms with van der Waals surface area (Å²) in [5, 5.41) is 15.5. The third-order valence-corrected chi connectivity index (χ3v) is 0.555. The molecule has 4 N–H and O–H groups in total. The Hall–Kier alpha value is -0.200. The van der Waals surface area contributed by atoms with Gasteiger partial charge in [0.15, 0.2) is 0 Å². The Balaban J connectivity index is 2.72. The Kier molecular flexibility index (Phi) is 4.82. The van der Waals surface area contributed by atoms with Crippen LogP contribution in [0.25, 0.3) is 0 Å². The fraction of sp³-hybridized carbons (Fsp3) is 1.00. The highest BCUT2D eigenvalue weighted by atomic mass is 17.1. The van der Waals surface area contributed by atoms with Gasteiger partial charge in [0.25, 0.3) is 0 Å². The van der Waals surface area contributed by atoms with Crippen LogP contribution in [-0.2, 0) is 4.84 Å². The summed E-state index contributed by atoms with van der Waals surface area (Å²) in [7, 11) is 0. The molecule has 0 aromatic heterocycles. The molecule has 0 bridgehead atoms. The lowest BCUT2D eigenvalue weighted by molar-refractivity contribution is -0.492. The molecule has 0 fully saturated rings. The molecule has 0 rings (SSSR count). The number of hydrogen-bond acceptors (Lipinski definition) is 5. The van der Waals surface area contributed by atoms with Crippen molar-refractivity contribution in [3.63, 3.8) is 0 Å². The van der Waals surface area contributed by atoms with Gasteiger partial charge in [-0.1, -0.05) is 0 Å². The number of hydrogen-bond donors (Lipinski definition) is 3. The molecule has 0 atom stereocenters. The van der Waals surface area contributed by atoms with E-state index >= 15 is 0 Å². The van der Waals surface area contributed by atoms with Crippen molar-refractivity contribution in [3.8, 4) is 0 Å². The van der Waals surface area contributed by atoms with E-state index in [2.05, 4.69) is 4.84 Å². The molecule has 0 saturated carbocycles. The Morgan fingerprint density at radius 3 is 2.50 bits per heavy atom. The lowest BCUT2D eigenvalue weighted by Gasteiger charge is -2.03. The average Bonchev–Trinajstić information content (AvgIpc) is 1.66. The van der Waals surface area contributed by atoms with E-state index in [-0.39, 0.29) is 12.0 Å². The number of nitrogens with two attached hydrogens (primary N) is 1. The molecule has 0 aromatic rings. The van der Waals surface area contributed by atoms with Gasteiger partial charge in [-0.3, -0.25) is 15.3 Å². The van der Waals surface area contributed by atoms with Gasteiger partial charge in [0.05, 0.1) is 12.0 Å². The molecule has 5 nitrogen and oxygen atoms in total. The Morgan fingerprint density at radius 2 is 2.12 bits per heavy atom. The van der Waals surface area contributed by atoms with Gasteiger partial charge < -0.3 is 5.73 Å². The van der Waals surface area contributed by atoms with E-state index in [1.54, 1.807) is 0 Å². The second-order valence-electron chi connectivity index (χ2n) is 1.23. The molecule has 50 valence electrons. The minimum absolute atomic E-state index is 0.226. The van der Waals surface area contributed by atoms with Crippen LogP contribution >= 0.6 is 0 Å². The van der Waals surface area contributed by atoms with Crippen LogP contribution in [0.4, 0.5) is 0 Å². The van der Waals surface area contributed by atoms with Gasteiger partial charge in [-0.15, -0.1) is 0 Å². The highest BCUT2D eigenvalue weighted by molar-refractivity contribution is 4.30. The first-order valence-corrected chi connectivity index (χ1v) is 2.28. The summed E-state index contributed by atoms with van der Waals surface area (Å²) in [5.41, 5.74) is 5.05. The quantitative estimate of drug-likeness (QED) is 0.341. The van der Waals surface area contributed by atoms with Crippen molar-refractivity contribution in [2.45, 2.75) is 6.42 Å². The number of rotatable bonds is 4. The summed E-state index contributed by atoms with van der Waals surface area (Å²) >= 11 is 0. The van der Waals surface area contributed by atoms with Crippen molar-refractivity contribution >= 4 is 0 Å². The number of nitrogens with zero attached hydrogens (tertiary/aromatic N) is 1. The zero-order valence-electron chi connectivity index (χ0n) is 4.45. The summed E-state index contributed by atoms with van der Waals surface area (Å²) in [4.78, 5) is 4.15. The fourth-order valence-electron chi connectivity index (χ4n) is 0.230. The molecule has 0 aliphatic rings. The van der Waals surface area contributed by atoms with Crippen molar-refractivity contribution in [3.05, 3.63) is 0 Å². The summed E-state index contributed by atoms with van der Waals surface area (Å²) in [5.74, 6) is 0. The van der Waals surface area contributed by atoms with Crippen LogP contribution in [0.2, 0.25) is 0 Å². The Morgan fingerprint density at radius 1 is 1.50 bits per heavy atom. The normalized spacial score (nSPS) is 10.5. The highest BCUT2D eigenvalue weighted by Gasteiger charge is 1.89. The lowest BCUT2D eigenvalue weighted by atomic mass is 10.5. The molecule has 0 amide bonds. The average molecular weight is 122 g/mol. The van der Waals surface area contributed by atoms with Gasteiger partial charge in [0, 0.05) is 0 Å². The van der Waals surface area contributed by atoms with Crippen LogP contribution in [0.3, 0.4) is 0 Å². The van der Waals surface area contributed by atoms with Crippen LogP contribution in [0.15, 0.2) is 0 Å². The first kappa shape index (κ1) is 7.80. The van der Waals surface area contributed by atoms with Crippen LogP contribution in [0.5, 0.6) is 0 Å². The monoisotopic (exact) mass is 122 g/mol. The van der Waals surface area contributed by atoms with E-state index in [0.29, 0.717) is 13.0 Å². The van der Waals surface area contributed by atoms with Gasteiger partial charge in [0.2, 0.25) is 0 Å². The van der Waals surface area contributed by atoms with E-state index in [1.165, 1.54) is 0 Å². The van der Waals surface area contributed by atoms with Gasteiger partial charge in [-0.05, 0) is 13.0 Å². The molecule has 0 unspecified atom stereocenters. The zero-order chi connectivity index (χ0) is 6.41. The zero-order valence-corrected chi connectivity index (χ0v) is 4.45. The van der Waals surface area contributed by atoms with E-state index in [9.17, 15) is 0 Å². The summed E-state index contributed by atoms with van der Waals surface area (Å²) in [6.07, 6.45) is 0.609. The van der Waals surface area contributed by atoms with Gasteiger partial charge >= 0.3 is 0 Å². The van der Waals surface area contributed by atoms with Gasteiger partial charge in [0.1, 0.15) is 0 Å². The SMILES string of the molecule is NCCCON(O)O. The van der Waals surface area contributed by atoms with E-state index in [1.807, 2.05) is 0 Å². The van der Waals surface area contributed by atoms with Gasteiger partial charge in [-0.25, -0.2) is 0 Å². The molecule has 0 aliphatic heterocycles. The minimum atomic E-state index is -0.324. The second-order valence-corrected chi connectivity index (χ2v) is 1.23. The van der Waals surface area contributed by atoms with Crippen molar-refractivity contribution in [2.75, 3.05) is 13.2 Å². The summed E-state index contributed by atoms with van der Waals surface area (Å²) in [6.45, 7) is 0.706. The molecule has 0 aromatic carbocycles. The predicted octanol–water partition coefficient (Wildman–Crippen LogP) is -0.653. The maximum absolute atomic E-state index is 7.90. The minimum Gasteiger partial charge on any atom is -0.330 e. The van der Waals surface area contributed by atoms with E-state index in [4.69, 9.17) is 16.1 Å². The molecule has 5 heteroatoms. The molecule has 0 saturated heterocycles. The summed E-state index contributed by atoms with van der Waals surface area (Å²) in [6, 6.07) is 0. The smallest absolute Gasteiger partial charge is 0.0748 e. The first-order valence-electron chi connectivity index (χ1n) is 2.28. The molecule has 0 aliphatic carbocycles. The molecule has 0 radical (unpaired) electrons. The maximum atomic E-state index is 7.90. The van der Waals surface area contributed by atoms with Crippen LogP contribution in [-0.4, -0.2) is 29.0 Å². The van der Waals surface area contributed by atoms with Crippen LogP contribution in [0, 0.1) is 0 Å². The summed E-state index contributed by atoms with van der Waals surface area (Å²) < 4.78 is 0. The fourth-order valence-corrected chi connectivity index (χ4v) is 0.230. The Bertz CT molecular complexity index is 49.8. The van der Waals surface area contributed by atoms with E-state index in [0.717, 1.165) is 0 Å². The first-order chi connectivity index (χ1) is 3.77. The van der Waals surface area contributed by atoms with E-state index < -0.39 is 0 Å². The third kappa shape index (κ3) is 5.80. The maximum Gasteiger partial charge on any atom is 0.0748 e. The largest absolute Gasteiger partial charge is 0.330 e. The van der Waals surface area contributed by atoms with Gasteiger partial charge in [-0.2, -0.15) is 0 Å². The van der Waals surface area contributed by atoms with Crippen molar-refractivity contribution < 1.29 is 15.3 Å². The van der Waals surface area contributed by atoms with Crippen LogP contribution < -0.4 is 5.73 Å². The standard InChI is InChI=1S/C3H10N2O3/c4-2-1-3-8-5(6)7/h6-7H,1-4H2. The Labute approximate surface area is 47.1 Å². The predicted molar refractivity (Wildman–Crippen MR) is 25.0 cm³/mol. The van der Waals surface area contributed by atoms with Crippen molar-refractivity contribution in [2.24, 2.45) is 5.73 Å². The van der Waals surface area contributed by atoms with Crippen LogP contribution in [0.1, 0.15) is 6.42 Å². The molecule has 8 heavy (non-hydrogen) atoms.